The number of pyridine rings is 1. The molecule has 0 saturated carbocycles. The molecule has 0 radical (unpaired) electrons. The average Bonchev–Trinajstić information content (AvgIpc) is 3.42. The minimum Gasteiger partial charge on any atom is -0.465 e. The van der Waals surface area contributed by atoms with Gasteiger partial charge in [-0.1, -0.05) is 12.1 Å². The summed E-state index contributed by atoms with van der Waals surface area (Å²) in [6.07, 6.45) is 3.77. The van der Waals surface area contributed by atoms with Crippen LogP contribution in [-0.2, 0) is 9.47 Å². The summed E-state index contributed by atoms with van der Waals surface area (Å²) in [6, 6.07) is 17.1. The highest BCUT2D eigenvalue weighted by atomic mass is 32.1. The molecule has 0 spiro atoms. The number of carbonyl (C=O) groups excluding carboxylic acids is 1. The van der Waals surface area contributed by atoms with Crippen molar-refractivity contribution in [1.29, 1.82) is 0 Å². The SMILES string of the molecule is COCCN1C(=S)NC(c2ccccn2)C1c1cccn1-c1cccc(C(=O)OC)c1. The zero-order chi connectivity index (χ0) is 21.8. The second kappa shape index (κ2) is 9.28. The molecule has 1 aliphatic rings. The van der Waals surface area contributed by atoms with Crippen molar-refractivity contribution in [2.75, 3.05) is 27.4 Å². The summed E-state index contributed by atoms with van der Waals surface area (Å²) < 4.78 is 12.3. The Morgan fingerprint density at radius 2 is 2.03 bits per heavy atom. The maximum atomic E-state index is 12.0. The predicted octanol–water partition coefficient (Wildman–Crippen LogP) is 3.28. The maximum Gasteiger partial charge on any atom is 0.337 e. The van der Waals surface area contributed by atoms with Crippen molar-refractivity contribution in [2.24, 2.45) is 0 Å². The van der Waals surface area contributed by atoms with Crippen LogP contribution in [-0.4, -0.2) is 52.9 Å². The van der Waals surface area contributed by atoms with Crippen molar-refractivity contribution in [3.05, 3.63) is 83.9 Å². The average molecular weight is 437 g/mol. The van der Waals surface area contributed by atoms with Gasteiger partial charge in [0.1, 0.15) is 0 Å². The van der Waals surface area contributed by atoms with Crippen LogP contribution in [0.4, 0.5) is 0 Å². The lowest BCUT2D eigenvalue weighted by Gasteiger charge is -2.28. The highest BCUT2D eigenvalue weighted by molar-refractivity contribution is 7.80. The summed E-state index contributed by atoms with van der Waals surface area (Å²) in [5, 5.41) is 4.10. The van der Waals surface area contributed by atoms with Gasteiger partial charge >= 0.3 is 5.97 Å². The second-order valence-electron chi connectivity index (χ2n) is 7.16. The first-order valence-electron chi connectivity index (χ1n) is 9.97. The third kappa shape index (κ3) is 4.17. The molecule has 1 saturated heterocycles. The number of hydrogen-bond donors (Lipinski definition) is 1. The van der Waals surface area contributed by atoms with Crippen molar-refractivity contribution in [1.82, 2.24) is 19.8 Å². The molecule has 8 heteroatoms. The van der Waals surface area contributed by atoms with Gasteiger partial charge in [-0.2, -0.15) is 0 Å². The molecule has 3 aromatic rings. The lowest BCUT2D eigenvalue weighted by molar-refractivity contribution is 0.0600. The molecule has 1 aliphatic heterocycles. The molecule has 160 valence electrons. The molecule has 31 heavy (non-hydrogen) atoms. The summed E-state index contributed by atoms with van der Waals surface area (Å²) in [7, 11) is 3.06. The number of nitrogens with one attached hydrogen (secondary N) is 1. The minimum absolute atomic E-state index is 0.102. The van der Waals surface area contributed by atoms with Crippen LogP contribution in [0.3, 0.4) is 0 Å². The van der Waals surface area contributed by atoms with Crippen LogP contribution in [0.1, 0.15) is 33.8 Å². The van der Waals surface area contributed by atoms with E-state index in [0.717, 1.165) is 17.1 Å². The van der Waals surface area contributed by atoms with Crippen LogP contribution in [0.15, 0.2) is 67.0 Å². The topological polar surface area (TPSA) is 68.6 Å². The van der Waals surface area contributed by atoms with Crippen molar-refractivity contribution in [3.63, 3.8) is 0 Å². The smallest absolute Gasteiger partial charge is 0.337 e. The molecule has 4 rings (SSSR count). The maximum absolute atomic E-state index is 12.0. The Kier molecular flexibility index (Phi) is 6.29. The third-order valence-corrected chi connectivity index (χ3v) is 5.72. The number of carbonyl (C=O) groups is 1. The zero-order valence-corrected chi connectivity index (χ0v) is 18.2. The fraction of sp³-hybridized carbons (Fsp3) is 0.261. The zero-order valence-electron chi connectivity index (χ0n) is 17.4. The Hall–Kier alpha value is -3.23. The van der Waals surface area contributed by atoms with E-state index in [9.17, 15) is 4.79 Å². The Morgan fingerprint density at radius 3 is 2.77 bits per heavy atom. The molecular formula is C23H24N4O3S. The normalized spacial score (nSPS) is 18.1. The number of rotatable bonds is 7. The molecule has 3 heterocycles. The number of hydrogen-bond acceptors (Lipinski definition) is 5. The highest BCUT2D eigenvalue weighted by Gasteiger charge is 2.41. The molecule has 0 bridgehead atoms. The molecule has 1 N–H and O–H groups in total. The molecular weight excluding hydrogens is 412 g/mol. The molecule has 0 aliphatic carbocycles. The number of esters is 1. The van der Waals surface area contributed by atoms with Gasteiger partial charge in [-0.15, -0.1) is 0 Å². The van der Waals surface area contributed by atoms with E-state index in [4.69, 9.17) is 21.7 Å². The predicted molar refractivity (Wildman–Crippen MR) is 121 cm³/mol. The number of ether oxygens (including phenoxy) is 2. The molecule has 7 nitrogen and oxygen atoms in total. The van der Waals surface area contributed by atoms with Crippen LogP contribution >= 0.6 is 12.2 Å². The summed E-state index contributed by atoms with van der Waals surface area (Å²) in [5.74, 6) is -0.368. The van der Waals surface area contributed by atoms with Crippen molar-refractivity contribution >= 4 is 23.3 Å². The van der Waals surface area contributed by atoms with Crippen molar-refractivity contribution in [3.8, 4) is 5.69 Å². The van der Waals surface area contributed by atoms with Gasteiger partial charge in [0.05, 0.1) is 37.1 Å². The molecule has 2 unspecified atom stereocenters. The van der Waals surface area contributed by atoms with E-state index in [1.807, 2.05) is 48.7 Å². The van der Waals surface area contributed by atoms with Gasteiger partial charge in [0, 0.05) is 37.4 Å². The first kappa shape index (κ1) is 21.0. The van der Waals surface area contributed by atoms with E-state index in [2.05, 4.69) is 25.8 Å². The molecule has 2 aromatic heterocycles. The molecule has 0 amide bonds. The summed E-state index contributed by atoms with van der Waals surface area (Å²) in [5.41, 5.74) is 3.30. The van der Waals surface area contributed by atoms with E-state index in [-0.39, 0.29) is 18.1 Å². The van der Waals surface area contributed by atoms with E-state index in [1.54, 1.807) is 19.4 Å². The molecule has 1 aromatic carbocycles. The number of methoxy groups -OCH3 is 2. The Labute approximate surface area is 186 Å². The van der Waals surface area contributed by atoms with Gasteiger partial charge in [0.25, 0.3) is 0 Å². The van der Waals surface area contributed by atoms with E-state index < -0.39 is 0 Å². The van der Waals surface area contributed by atoms with Crippen molar-refractivity contribution in [2.45, 2.75) is 12.1 Å². The van der Waals surface area contributed by atoms with E-state index in [1.165, 1.54) is 7.11 Å². The lowest BCUT2D eigenvalue weighted by atomic mass is 10.0. The van der Waals surface area contributed by atoms with Crippen molar-refractivity contribution < 1.29 is 14.3 Å². The van der Waals surface area contributed by atoms with Crippen LogP contribution in [0.5, 0.6) is 0 Å². The van der Waals surface area contributed by atoms with E-state index >= 15 is 0 Å². The van der Waals surface area contributed by atoms with E-state index in [0.29, 0.717) is 23.8 Å². The summed E-state index contributed by atoms with van der Waals surface area (Å²) in [6.45, 7) is 1.19. The van der Waals surface area contributed by atoms with Crippen LogP contribution in [0.2, 0.25) is 0 Å². The Balaban J connectivity index is 1.78. The quantitative estimate of drug-likeness (QED) is 0.450. The van der Waals surface area contributed by atoms with Gasteiger partial charge in [0.15, 0.2) is 5.11 Å². The van der Waals surface area contributed by atoms with Crippen LogP contribution in [0.25, 0.3) is 5.69 Å². The largest absolute Gasteiger partial charge is 0.465 e. The van der Waals surface area contributed by atoms with Crippen LogP contribution < -0.4 is 5.32 Å². The summed E-state index contributed by atoms with van der Waals surface area (Å²) >= 11 is 5.67. The van der Waals surface area contributed by atoms with Gasteiger partial charge in [-0.3, -0.25) is 4.98 Å². The Morgan fingerprint density at radius 1 is 1.16 bits per heavy atom. The molecule has 2 atom stereocenters. The number of thiocarbonyl (C=S) groups is 1. The number of nitrogens with zero attached hydrogens (tertiary/aromatic N) is 3. The monoisotopic (exact) mass is 436 g/mol. The summed E-state index contributed by atoms with van der Waals surface area (Å²) in [4.78, 5) is 18.7. The third-order valence-electron chi connectivity index (χ3n) is 5.36. The first-order chi connectivity index (χ1) is 15.1. The van der Waals surface area contributed by atoms with Gasteiger partial charge in [0.2, 0.25) is 0 Å². The highest BCUT2D eigenvalue weighted by Crippen LogP contribution is 2.39. The van der Waals surface area contributed by atoms with Crippen LogP contribution in [0, 0.1) is 0 Å². The molecule has 1 fully saturated rings. The second-order valence-corrected chi connectivity index (χ2v) is 7.54. The standard InChI is InChI=1S/C23H24N4O3S/c1-29-14-13-27-21(20(25-23(27)31)18-9-3-4-11-24-18)19-10-6-12-26(19)17-8-5-7-16(15-17)22(28)30-2/h3-12,15,20-21H,13-14H2,1-2H3,(H,25,31). The first-order valence-corrected chi connectivity index (χ1v) is 10.4. The fourth-order valence-corrected chi connectivity index (χ4v) is 4.26. The van der Waals surface area contributed by atoms with Gasteiger partial charge in [-0.25, -0.2) is 4.79 Å². The Bertz CT molecular complexity index is 1070. The van der Waals surface area contributed by atoms with Gasteiger partial charge < -0.3 is 24.3 Å². The number of aromatic nitrogens is 2. The minimum atomic E-state index is -0.368. The number of benzene rings is 1. The fourth-order valence-electron chi connectivity index (χ4n) is 3.93. The lowest BCUT2D eigenvalue weighted by Crippen LogP contribution is -2.33. The van der Waals surface area contributed by atoms with Gasteiger partial charge in [-0.05, 0) is 54.7 Å².